The van der Waals surface area contributed by atoms with Crippen LogP contribution in [-0.2, 0) is 6.54 Å². The van der Waals surface area contributed by atoms with Gasteiger partial charge < -0.3 is 9.32 Å². The summed E-state index contributed by atoms with van der Waals surface area (Å²) in [4.78, 5) is 2.32. The van der Waals surface area contributed by atoms with Gasteiger partial charge >= 0.3 is 0 Å². The number of halogens is 1. The first-order valence-corrected chi connectivity index (χ1v) is 5.53. The van der Waals surface area contributed by atoms with Crippen molar-refractivity contribution in [2.75, 3.05) is 33.2 Å². The molecule has 0 amide bonds. The molecule has 1 saturated heterocycles. The highest BCUT2D eigenvalue weighted by molar-refractivity contribution is 6.28. The van der Waals surface area contributed by atoms with Crippen LogP contribution in [0.3, 0.4) is 0 Å². The predicted octanol–water partition coefficient (Wildman–Crippen LogP) is 1.18. The Morgan fingerprint density at radius 3 is 2.67 bits per heavy atom. The minimum absolute atomic E-state index is 0.449. The minimum atomic E-state index is 0.449. The highest BCUT2D eigenvalue weighted by Gasteiger charge is 2.13. The largest absolute Gasteiger partial charge is 0.448 e. The molecule has 1 N–H and O–H groups in total. The van der Waals surface area contributed by atoms with Crippen LogP contribution in [0.15, 0.2) is 16.5 Å². The summed E-state index contributed by atoms with van der Waals surface area (Å²) in [6, 6.07) is 3.66. The quantitative estimate of drug-likeness (QED) is 0.844. The van der Waals surface area contributed by atoms with Crippen molar-refractivity contribution in [3.8, 4) is 0 Å². The van der Waals surface area contributed by atoms with Crippen LogP contribution in [0, 0.1) is 0 Å². The van der Waals surface area contributed by atoms with E-state index < -0.39 is 0 Å². The first-order valence-electron chi connectivity index (χ1n) is 5.15. The lowest BCUT2D eigenvalue weighted by molar-refractivity contribution is 0.0991. The monoisotopic (exact) mass is 229 g/mol. The van der Waals surface area contributed by atoms with Crippen LogP contribution < -0.4 is 5.43 Å². The summed E-state index contributed by atoms with van der Waals surface area (Å²) in [7, 11) is 2.14. The number of hydrogen-bond acceptors (Lipinski definition) is 4. The van der Waals surface area contributed by atoms with Crippen molar-refractivity contribution in [1.29, 1.82) is 0 Å². The van der Waals surface area contributed by atoms with Gasteiger partial charge in [-0.25, -0.2) is 10.4 Å². The van der Waals surface area contributed by atoms with Gasteiger partial charge in [-0.3, -0.25) is 0 Å². The van der Waals surface area contributed by atoms with Gasteiger partial charge in [-0.2, -0.15) is 0 Å². The summed E-state index contributed by atoms with van der Waals surface area (Å²) in [6.45, 7) is 5.00. The fourth-order valence-electron chi connectivity index (χ4n) is 1.60. The maximum absolute atomic E-state index is 5.69. The normalized spacial score (nSPS) is 19.6. The molecule has 15 heavy (non-hydrogen) atoms. The third-order valence-corrected chi connectivity index (χ3v) is 2.81. The molecule has 0 atom stereocenters. The Balaban J connectivity index is 1.74. The molecule has 1 aromatic heterocycles. The Hall–Kier alpha value is -0.550. The third-order valence-electron chi connectivity index (χ3n) is 2.61. The van der Waals surface area contributed by atoms with Crippen LogP contribution in [0.2, 0.25) is 5.22 Å². The van der Waals surface area contributed by atoms with Crippen molar-refractivity contribution in [2.24, 2.45) is 0 Å². The molecule has 1 aromatic rings. The zero-order valence-electron chi connectivity index (χ0n) is 8.87. The van der Waals surface area contributed by atoms with E-state index in [0.29, 0.717) is 11.8 Å². The summed E-state index contributed by atoms with van der Waals surface area (Å²) in [6.07, 6.45) is 0. The Labute approximate surface area is 94.8 Å². The van der Waals surface area contributed by atoms with Crippen LogP contribution >= 0.6 is 11.6 Å². The summed E-state index contributed by atoms with van der Waals surface area (Å²) >= 11 is 5.69. The number of piperazine rings is 1. The number of nitrogens with one attached hydrogen (secondary N) is 1. The van der Waals surface area contributed by atoms with E-state index in [4.69, 9.17) is 16.0 Å². The van der Waals surface area contributed by atoms with Gasteiger partial charge in [-0.1, -0.05) is 0 Å². The van der Waals surface area contributed by atoms with Gasteiger partial charge in [-0.15, -0.1) is 0 Å². The molecule has 1 fully saturated rings. The van der Waals surface area contributed by atoms with Crippen molar-refractivity contribution >= 4 is 11.6 Å². The van der Waals surface area contributed by atoms with E-state index in [1.165, 1.54) is 0 Å². The molecule has 0 spiro atoms. The SMILES string of the molecule is CN1CCN(NCc2ccc(Cl)o2)CC1. The second kappa shape index (κ2) is 4.99. The summed E-state index contributed by atoms with van der Waals surface area (Å²) < 4.78 is 5.26. The molecule has 0 saturated carbocycles. The fraction of sp³-hybridized carbons (Fsp3) is 0.600. The van der Waals surface area contributed by atoms with E-state index in [0.717, 1.165) is 31.9 Å². The molecular weight excluding hydrogens is 214 g/mol. The first-order chi connectivity index (χ1) is 7.24. The number of likely N-dealkylation sites (N-methyl/N-ethyl adjacent to an activating group) is 1. The fourth-order valence-corrected chi connectivity index (χ4v) is 1.76. The Morgan fingerprint density at radius 1 is 1.33 bits per heavy atom. The molecule has 4 nitrogen and oxygen atoms in total. The van der Waals surface area contributed by atoms with Crippen LogP contribution in [0.4, 0.5) is 0 Å². The summed E-state index contributed by atoms with van der Waals surface area (Å²) in [5, 5.41) is 2.67. The van der Waals surface area contributed by atoms with E-state index in [2.05, 4.69) is 22.4 Å². The minimum Gasteiger partial charge on any atom is -0.448 e. The Bertz CT molecular complexity index is 307. The standard InChI is InChI=1S/C10H16ClN3O/c1-13-4-6-14(7-5-13)12-8-9-2-3-10(11)15-9/h2-3,12H,4-8H2,1H3. The lowest BCUT2D eigenvalue weighted by Crippen LogP contribution is -2.50. The van der Waals surface area contributed by atoms with Crippen molar-refractivity contribution < 1.29 is 4.42 Å². The van der Waals surface area contributed by atoms with E-state index in [1.54, 1.807) is 6.07 Å². The van der Waals surface area contributed by atoms with E-state index >= 15 is 0 Å². The zero-order valence-corrected chi connectivity index (χ0v) is 9.63. The zero-order chi connectivity index (χ0) is 10.7. The van der Waals surface area contributed by atoms with Gasteiger partial charge in [0.25, 0.3) is 0 Å². The molecule has 0 radical (unpaired) electrons. The average molecular weight is 230 g/mol. The Kier molecular flexibility index (Phi) is 3.64. The van der Waals surface area contributed by atoms with Crippen molar-refractivity contribution in [3.63, 3.8) is 0 Å². The molecule has 84 valence electrons. The molecule has 2 heterocycles. The molecule has 1 aliphatic rings. The van der Waals surface area contributed by atoms with Crippen LogP contribution in [0.1, 0.15) is 5.76 Å². The highest BCUT2D eigenvalue weighted by Crippen LogP contribution is 2.12. The van der Waals surface area contributed by atoms with Gasteiger partial charge in [0, 0.05) is 26.2 Å². The number of furan rings is 1. The van der Waals surface area contributed by atoms with Gasteiger partial charge in [0.2, 0.25) is 0 Å². The van der Waals surface area contributed by atoms with E-state index in [1.807, 2.05) is 6.07 Å². The summed E-state index contributed by atoms with van der Waals surface area (Å²) in [5.41, 5.74) is 3.33. The second-order valence-electron chi connectivity index (χ2n) is 3.83. The summed E-state index contributed by atoms with van der Waals surface area (Å²) in [5.74, 6) is 0.874. The number of hydrogen-bond donors (Lipinski definition) is 1. The third kappa shape index (κ3) is 3.21. The number of rotatable bonds is 3. The van der Waals surface area contributed by atoms with Gasteiger partial charge in [0.1, 0.15) is 5.76 Å². The average Bonchev–Trinajstić information content (AvgIpc) is 2.64. The molecule has 0 aliphatic carbocycles. The van der Waals surface area contributed by atoms with Crippen molar-refractivity contribution in [2.45, 2.75) is 6.54 Å². The smallest absolute Gasteiger partial charge is 0.193 e. The Morgan fingerprint density at radius 2 is 2.07 bits per heavy atom. The first kappa shape index (κ1) is 11.0. The molecule has 2 rings (SSSR count). The lowest BCUT2D eigenvalue weighted by atomic mass is 10.4. The molecule has 1 aliphatic heterocycles. The van der Waals surface area contributed by atoms with Gasteiger partial charge in [0.05, 0.1) is 6.54 Å². The van der Waals surface area contributed by atoms with Gasteiger partial charge in [0.15, 0.2) is 5.22 Å². The second-order valence-corrected chi connectivity index (χ2v) is 4.20. The maximum atomic E-state index is 5.69. The molecular formula is C10H16ClN3O. The number of nitrogens with zero attached hydrogens (tertiary/aromatic N) is 2. The van der Waals surface area contributed by atoms with Crippen LogP contribution in [0.5, 0.6) is 0 Å². The van der Waals surface area contributed by atoms with E-state index in [-0.39, 0.29) is 0 Å². The molecule has 0 aromatic carbocycles. The number of hydrazine groups is 1. The topological polar surface area (TPSA) is 31.6 Å². The van der Waals surface area contributed by atoms with E-state index in [9.17, 15) is 0 Å². The molecule has 0 bridgehead atoms. The van der Waals surface area contributed by atoms with Gasteiger partial charge in [-0.05, 0) is 30.8 Å². The predicted molar refractivity (Wildman–Crippen MR) is 59.6 cm³/mol. The highest BCUT2D eigenvalue weighted by atomic mass is 35.5. The van der Waals surface area contributed by atoms with Crippen LogP contribution in [-0.4, -0.2) is 43.1 Å². The van der Waals surface area contributed by atoms with Crippen molar-refractivity contribution in [3.05, 3.63) is 23.1 Å². The lowest BCUT2D eigenvalue weighted by Gasteiger charge is -2.32. The maximum Gasteiger partial charge on any atom is 0.193 e. The van der Waals surface area contributed by atoms with Crippen LogP contribution in [0.25, 0.3) is 0 Å². The molecule has 0 unspecified atom stereocenters. The van der Waals surface area contributed by atoms with Crippen molar-refractivity contribution in [1.82, 2.24) is 15.3 Å². The molecule has 5 heteroatoms.